The summed E-state index contributed by atoms with van der Waals surface area (Å²) in [4.78, 5) is 0. The van der Waals surface area contributed by atoms with Crippen LogP contribution in [0.15, 0.2) is 16.8 Å². The molecule has 0 unspecified atom stereocenters. The zero-order valence-corrected chi connectivity index (χ0v) is 13.7. The molecule has 0 bridgehead atoms. The largest absolute Gasteiger partial charge is 0.373 e. The van der Waals surface area contributed by atoms with Crippen LogP contribution in [0.3, 0.4) is 0 Å². The second kappa shape index (κ2) is 6.30. The average molecular weight is 305 g/mol. The zero-order chi connectivity index (χ0) is 14.8. The molecule has 5 heteroatoms. The molecule has 0 radical (unpaired) electrons. The van der Waals surface area contributed by atoms with Gasteiger partial charge in [-0.15, -0.1) is 0 Å². The van der Waals surface area contributed by atoms with Gasteiger partial charge in [0.15, 0.2) is 0 Å². The van der Waals surface area contributed by atoms with E-state index in [1.807, 2.05) is 11.7 Å². The van der Waals surface area contributed by atoms with Crippen molar-refractivity contribution in [2.24, 2.45) is 13.0 Å². The maximum absolute atomic E-state index is 6.02. The van der Waals surface area contributed by atoms with Gasteiger partial charge in [-0.05, 0) is 42.7 Å². The molecule has 21 heavy (non-hydrogen) atoms. The smallest absolute Gasteiger partial charge is 0.0901 e. The normalized spacial score (nSPS) is 22.0. The molecule has 2 aromatic rings. The molecule has 1 aliphatic rings. The van der Waals surface area contributed by atoms with Crippen molar-refractivity contribution in [1.82, 2.24) is 15.1 Å². The van der Waals surface area contributed by atoms with E-state index in [9.17, 15) is 0 Å². The minimum Gasteiger partial charge on any atom is -0.373 e. The molecule has 0 spiro atoms. The van der Waals surface area contributed by atoms with Crippen LogP contribution in [0.4, 0.5) is 0 Å². The first kappa shape index (κ1) is 14.8. The van der Waals surface area contributed by atoms with Crippen molar-refractivity contribution in [3.05, 3.63) is 39.3 Å². The fraction of sp³-hybridized carbons (Fsp3) is 0.562. The molecule has 2 aromatic heterocycles. The molecule has 3 heterocycles. The van der Waals surface area contributed by atoms with Crippen LogP contribution in [0.1, 0.15) is 35.0 Å². The van der Waals surface area contributed by atoms with Gasteiger partial charge in [-0.1, -0.05) is 0 Å². The Bertz CT molecular complexity index is 591. The SMILES string of the molecule is Cc1nn(C)c(C)c1[C@H]1OCC[C@@H]1CNCc1ccsc1. The third kappa shape index (κ3) is 3.05. The maximum atomic E-state index is 6.02. The molecule has 0 aliphatic carbocycles. The average Bonchev–Trinajstić information content (AvgIpc) is 3.15. The first-order chi connectivity index (χ1) is 10.2. The van der Waals surface area contributed by atoms with Crippen LogP contribution in [-0.2, 0) is 18.3 Å². The number of ether oxygens (including phenoxy) is 1. The highest BCUT2D eigenvalue weighted by Crippen LogP contribution is 2.37. The van der Waals surface area contributed by atoms with Gasteiger partial charge in [-0.2, -0.15) is 16.4 Å². The number of aromatic nitrogens is 2. The Morgan fingerprint density at radius 1 is 1.48 bits per heavy atom. The van der Waals surface area contributed by atoms with E-state index in [0.29, 0.717) is 5.92 Å². The number of hydrogen-bond acceptors (Lipinski definition) is 4. The van der Waals surface area contributed by atoms with Crippen molar-refractivity contribution >= 4 is 11.3 Å². The first-order valence-corrected chi connectivity index (χ1v) is 8.44. The molecule has 1 aliphatic heterocycles. The molecular weight excluding hydrogens is 282 g/mol. The van der Waals surface area contributed by atoms with Crippen molar-refractivity contribution in [3.63, 3.8) is 0 Å². The fourth-order valence-electron chi connectivity index (χ4n) is 3.16. The molecule has 1 fully saturated rings. The lowest BCUT2D eigenvalue weighted by Crippen LogP contribution is -2.25. The van der Waals surface area contributed by atoms with Crippen LogP contribution in [-0.4, -0.2) is 22.9 Å². The molecule has 1 saturated heterocycles. The van der Waals surface area contributed by atoms with E-state index < -0.39 is 0 Å². The van der Waals surface area contributed by atoms with Gasteiger partial charge in [0, 0.05) is 43.9 Å². The van der Waals surface area contributed by atoms with Crippen molar-refractivity contribution in [2.75, 3.05) is 13.2 Å². The lowest BCUT2D eigenvalue weighted by molar-refractivity contribution is 0.0893. The minimum atomic E-state index is 0.189. The highest BCUT2D eigenvalue weighted by atomic mass is 32.1. The standard InChI is InChI=1S/C16H23N3OS/c1-11-15(12(2)19(3)18-11)16-14(4-6-20-16)9-17-8-13-5-7-21-10-13/h5,7,10,14,16-17H,4,6,8-9H2,1-3H3/t14-,16+/m1/s1. The predicted molar refractivity (Wildman–Crippen MR) is 85.5 cm³/mol. The van der Waals surface area contributed by atoms with E-state index in [1.165, 1.54) is 16.8 Å². The van der Waals surface area contributed by atoms with Crippen molar-refractivity contribution in [1.29, 1.82) is 0 Å². The Balaban J connectivity index is 1.65. The van der Waals surface area contributed by atoms with Crippen LogP contribution in [0.25, 0.3) is 0 Å². The van der Waals surface area contributed by atoms with Crippen molar-refractivity contribution in [2.45, 2.75) is 32.9 Å². The number of thiophene rings is 1. The van der Waals surface area contributed by atoms with Gasteiger partial charge in [0.25, 0.3) is 0 Å². The Labute approximate surface area is 130 Å². The van der Waals surface area contributed by atoms with Gasteiger partial charge < -0.3 is 10.1 Å². The van der Waals surface area contributed by atoms with E-state index >= 15 is 0 Å². The van der Waals surface area contributed by atoms with Crippen LogP contribution >= 0.6 is 11.3 Å². The molecular formula is C16H23N3OS. The monoisotopic (exact) mass is 305 g/mol. The molecule has 0 amide bonds. The molecule has 0 saturated carbocycles. The van der Waals surface area contributed by atoms with Crippen LogP contribution < -0.4 is 5.32 Å². The number of nitrogens with one attached hydrogen (secondary N) is 1. The molecule has 4 nitrogen and oxygen atoms in total. The summed E-state index contributed by atoms with van der Waals surface area (Å²) in [5.41, 5.74) is 4.98. The Morgan fingerprint density at radius 2 is 2.33 bits per heavy atom. The lowest BCUT2D eigenvalue weighted by Gasteiger charge is -2.19. The summed E-state index contributed by atoms with van der Waals surface area (Å²) in [5, 5.41) is 12.4. The zero-order valence-electron chi connectivity index (χ0n) is 12.9. The Morgan fingerprint density at radius 3 is 3.00 bits per heavy atom. The molecule has 114 valence electrons. The quantitative estimate of drug-likeness (QED) is 0.923. The summed E-state index contributed by atoms with van der Waals surface area (Å²) in [6.07, 6.45) is 1.31. The summed E-state index contributed by atoms with van der Waals surface area (Å²) < 4.78 is 7.98. The molecule has 2 atom stereocenters. The van der Waals surface area contributed by atoms with E-state index in [2.05, 4.69) is 41.1 Å². The van der Waals surface area contributed by atoms with Crippen molar-refractivity contribution in [3.8, 4) is 0 Å². The third-order valence-electron chi connectivity index (χ3n) is 4.38. The van der Waals surface area contributed by atoms with Gasteiger partial charge >= 0.3 is 0 Å². The van der Waals surface area contributed by atoms with Gasteiger partial charge in [0.2, 0.25) is 0 Å². The molecule has 0 aromatic carbocycles. The molecule has 3 rings (SSSR count). The maximum Gasteiger partial charge on any atom is 0.0901 e. The fourth-order valence-corrected chi connectivity index (χ4v) is 3.83. The number of nitrogens with zero attached hydrogens (tertiary/aromatic N) is 2. The van der Waals surface area contributed by atoms with E-state index in [1.54, 1.807) is 11.3 Å². The van der Waals surface area contributed by atoms with E-state index in [4.69, 9.17) is 4.74 Å². The second-order valence-corrected chi connectivity index (χ2v) is 6.59. The third-order valence-corrected chi connectivity index (χ3v) is 5.11. The second-order valence-electron chi connectivity index (χ2n) is 5.81. The Kier molecular flexibility index (Phi) is 4.42. The van der Waals surface area contributed by atoms with Crippen LogP contribution in [0.5, 0.6) is 0 Å². The topological polar surface area (TPSA) is 39.1 Å². The number of aryl methyl sites for hydroxylation is 2. The number of hydrogen-bond donors (Lipinski definition) is 1. The van der Waals surface area contributed by atoms with Gasteiger partial charge in [-0.3, -0.25) is 4.68 Å². The summed E-state index contributed by atoms with van der Waals surface area (Å²) in [7, 11) is 2.00. The van der Waals surface area contributed by atoms with Crippen LogP contribution in [0, 0.1) is 19.8 Å². The number of rotatable bonds is 5. The van der Waals surface area contributed by atoms with E-state index in [-0.39, 0.29) is 6.10 Å². The van der Waals surface area contributed by atoms with E-state index in [0.717, 1.165) is 31.8 Å². The van der Waals surface area contributed by atoms with Crippen LogP contribution in [0.2, 0.25) is 0 Å². The summed E-state index contributed by atoms with van der Waals surface area (Å²) in [6.45, 7) is 7.00. The van der Waals surface area contributed by atoms with Gasteiger partial charge in [0.05, 0.1) is 11.8 Å². The summed E-state index contributed by atoms with van der Waals surface area (Å²) >= 11 is 1.75. The van der Waals surface area contributed by atoms with Gasteiger partial charge in [0.1, 0.15) is 0 Å². The highest BCUT2D eigenvalue weighted by molar-refractivity contribution is 7.07. The summed E-state index contributed by atoms with van der Waals surface area (Å²) in [5.74, 6) is 0.533. The first-order valence-electron chi connectivity index (χ1n) is 7.50. The molecule has 1 N–H and O–H groups in total. The van der Waals surface area contributed by atoms with Crippen molar-refractivity contribution < 1.29 is 4.74 Å². The highest BCUT2D eigenvalue weighted by Gasteiger charge is 2.33. The Hall–Kier alpha value is -1.17. The van der Waals surface area contributed by atoms with Gasteiger partial charge in [-0.25, -0.2) is 0 Å². The lowest BCUT2D eigenvalue weighted by atomic mass is 9.94. The summed E-state index contributed by atoms with van der Waals surface area (Å²) in [6, 6.07) is 2.18. The predicted octanol–water partition coefficient (Wildman–Crippen LogP) is 2.97. The minimum absolute atomic E-state index is 0.189.